The largest absolute Gasteiger partial charge is 0.544 e. The van der Waals surface area contributed by atoms with Crippen LogP contribution in [0.5, 0.6) is 0 Å². The molecular formula is C19H39NO3. The third-order valence-electron chi connectivity index (χ3n) is 5.13. The molecule has 0 aliphatic carbocycles. The molecular weight excluding hydrogens is 290 g/mol. The fourth-order valence-corrected chi connectivity index (χ4v) is 3.36. The van der Waals surface area contributed by atoms with Crippen LogP contribution in [-0.4, -0.2) is 48.8 Å². The Morgan fingerprint density at radius 1 is 0.870 bits per heavy atom. The molecule has 0 aromatic carbocycles. The van der Waals surface area contributed by atoms with Crippen molar-refractivity contribution < 1.29 is 19.5 Å². The molecule has 0 aliphatic rings. The van der Waals surface area contributed by atoms with E-state index in [1.165, 1.54) is 51.4 Å². The molecule has 1 N–H and O–H groups in total. The van der Waals surface area contributed by atoms with Crippen molar-refractivity contribution in [2.45, 2.75) is 89.5 Å². The zero-order chi connectivity index (χ0) is 17.8. The molecule has 0 spiro atoms. The third-order valence-corrected chi connectivity index (χ3v) is 5.13. The van der Waals surface area contributed by atoms with Gasteiger partial charge in [-0.05, 0) is 6.42 Å². The number of carboxylic acids is 1. The number of hydrogen-bond donors (Lipinski definition) is 1. The topological polar surface area (TPSA) is 60.4 Å². The minimum absolute atomic E-state index is 0.110. The average molecular weight is 330 g/mol. The highest BCUT2D eigenvalue weighted by Gasteiger charge is 2.43. The number of aliphatic hydroxyl groups is 1. The van der Waals surface area contributed by atoms with Crippen LogP contribution < -0.4 is 5.11 Å². The Labute approximate surface area is 143 Å². The molecule has 138 valence electrons. The van der Waals surface area contributed by atoms with Crippen molar-refractivity contribution >= 4 is 5.97 Å². The predicted molar refractivity (Wildman–Crippen MR) is 93.9 cm³/mol. The number of hydrogen-bond acceptors (Lipinski definition) is 3. The van der Waals surface area contributed by atoms with Crippen molar-refractivity contribution in [2.75, 3.05) is 27.7 Å². The smallest absolute Gasteiger partial charge is 0.141 e. The van der Waals surface area contributed by atoms with E-state index in [-0.39, 0.29) is 13.0 Å². The first kappa shape index (κ1) is 22.4. The SMILES string of the molecule is CCCCCCCCCCCCC(CCO)(C(=O)[O-])[N+](C)(C)C. The molecule has 4 nitrogen and oxygen atoms in total. The zero-order valence-electron chi connectivity index (χ0n) is 15.9. The third kappa shape index (κ3) is 8.16. The van der Waals surface area contributed by atoms with Gasteiger partial charge in [-0.15, -0.1) is 0 Å². The Kier molecular flexibility index (Phi) is 11.5. The van der Waals surface area contributed by atoms with Crippen LogP contribution in [0.25, 0.3) is 0 Å². The highest BCUT2D eigenvalue weighted by molar-refractivity contribution is 5.75. The van der Waals surface area contributed by atoms with Crippen molar-refractivity contribution in [3.05, 3.63) is 0 Å². The normalized spacial score (nSPS) is 14.7. The summed E-state index contributed by atoms with van der Waals surface area (Å²) in [7, 11) is 5.63. The van der Waals surface area contributed by atoms with Crippen LogP contribution in [0.1, 0.15) is 84.0 Å². The molecule has 4 heteroatoms. The molecule has 0 fully saturated rings. The second-order valence-electron chi connectivity index (χ2n) is 7.74. The van der Waals surface area contributed by atoms with Crippen molar-refractivity contribution in [2.24, 2.45) is 0 Å². The van der Waals surface area contributed by atoms with Crippen LogP contribution >= 0.6 is 0 Å². The Morgan fingerprint density at radius 2 is 1.30 bits per heavy atom. The summed E-state index contributed by atoms with van der Waals surface area (Å²) in [5.41, 5.74) is -0.977. The predicted octanol–water partition coefficient (Wildman–Crippen LogP) is 2.87. The Bertz CT molecular complexity index is 312. The molecule has 0 saturated heterocycles. The maximum Gasteiger partial charge on any atom is 0.141 e. The van der Waals surface area contributed by atoms with E-state index < -0.39 is 11.5 Å². The molecule has 0 aromatic heterocycles. The number of carboxylic acid groups (broad SMARTS) is 1. The summed E-state index contributed by atoms with van der Waals surface area (Å²) in [5.74, 6) is -1.03. The van der Waals surface area contributed by atoms with Gasteiger partial charge >= 0.3 is 0 Å². The summed E-state index contributed by atoms with van der Waals surface area (Å²) in [6.07, 6.45) is 13.2. The number of rotatable bonds is 15. The zero-order valence-corrected chi connectivity index (χ0v) is 15.9. The number of carbonyl (C=O) groups excluding carboxylic acids is 1. The second-order valence-corrected chi connectivity index (χ2v) is 7.74. The Morgan fingerprint density at radius 3 is 1.65 bits per heavy atom. The van der Waals surface area contributed by atoms with E-state index in [9.17, 15) is 15.0 Å². The standard InChI is InChI=1S/C19H39NO3/c1-5-6-7-8-9-10-11-12-13-14-15-19(16-17-21,18(22)23)20(2,3)4/h21H,5-17H2,1-4H3. The molecule has 0 heterocycles. The monoisotopic (exact) mass is 329 g/mol. The van der Waals surface area contributed by atoms with Gasteiger partial charge in [-0.25, -0.2) is 0 Å². The maximum absolute atomic E-state index is 11.7. The van der Waals surface area contributed by atoms with Crippen molar-refractivity contribution in [1.82, 2.24) is 0 Å². The van der Waals surface area contributed by atoms with Gasteiger partial charge in [0.15, 0.2) is 0 Å². The minimum Gasteiger partial charge on any atom is -0.544 e. The van der Waals surface area contributed by atoms with Gasteiger partial charge in [0.05, 0.1) is 21.1 Å². The van der Waals surface area contributed by atoms with E-state index in [1.807, 2.05) is 21.1 Å². The summed E-state index contributed by atoms with van der Waals surface area (Å²) >= 11 is 0. The molecule has 1 unspecified atom stereocenters. The fraction of sp³-hybridized carbons (Fsp3) is 0.947. The molecule has 0 aromatic rings. The highest BCUT2D eigenvalue weighted by atomic mass is 16.4. The maximum atomic E-state index is 11.7. The lowest BCUT2D eigenvalue weighted by atomic mass is 9.85. The summed E-state index contributed by atoms with van der Waals surface area (Å²) in [6.45, 7) is 2.13. The molecule has 0 rings (SSSR count). The first-order chi connectivity index (χ1) is 10.8. The average Bonchev–Trinajstić information content (AvgIpc) is 2.46. The number of unbranched alkanes of at least 4 members (excludes halogenated alkanes) is 9. The number of likely N-dealkylation sites (N-methyl/N-ethyl adjacent to an activating group) is 1. The van der Waals surface area contributed by atoms with E-state index in [0.717, 1.165) is 12.8 Å². The van der Waals surface area contributed by atoms with Gasteiger partial charge in [-0.3, -0.25) is 0 Å². The quantitative estimate of drug-likeness (QED) is 0.371. The van der Waals surface area contributed by atoms with Gasteiger partial charge in [0.2, 0.25) is 0 Å². The molecule has 1 atom stereocenters. The summed E-state index contributed by atoms with van der Waals surface area (Å²) in [6, 6.07) is 0. The second kappa shape index (κ2) is 11.9. The van der Waals surface area contributed by atoms with Gasteiger partial charge in [-0.2, -0.15) is 0 Å². The first-order valence-electron chi connectivity index (χ1n) is 9.45. The van der Waals surface area contributed by atoms with Gasteiger partial charge in [0.1, 0.15) is 11.5 Å². The molecule has 23 heavy (non-hydrogen) atoms. The number of aliphatic hydroxyl groups excluding tert-OH is 1. The van der Waals surface area contributed by atoms with Crippen LogP contribution in [-0.2, 0) is 4.79 Å². The minimum atomic E-state index is -1.03. The van der Waals surface area contributed by atoms with E-state index in [0.29, 0.717) is 10.9 Å². The van der Waals surface area contributed by atoms with E-state index in [2.05, 4.69) is 6.92 Å². The van der Waals surface area contributed by atoms with Crippen LogP contribution in [0.15, 0.2) is 0 Å². The van der Waals surface area contributed by atoms with Gasteiger partial charge in [0, 0.05) is 19.4 Å². The van der Waals surface area contributed by atoms with Gasteiger partial charge in [0.25, 0.3) is 0 Å². The highest BCUT2D eigenvalue weighted by Crippen LogP contribution is 2.29. The lowest BCUT2D eigenvalue weighted by molar-refractivity contribution is -0.917. The molecule has 0 aliphatic heterocycles. The van der Waals surface area contributed by atoms with Crippen LogP contribution in [0.2, 0.25) is 0 Å². The lowest BCUT2D eigenvalue weighted by Crippen LogP contribution is -2.66. The van der Waals surface area contributed by atoms with Crippen LogP contribution in [0, 0.1) is 0 Å². The summed E-state index contributed by atoms with van der Waals surface area (Å²) in [5, 5.41) is 21.0. The number of quaternary nitrogens is 1. The number of carbonyl (C=O) groups is 1. The van der Waals surface area contributed by atoms with Crippen molar-refractivity contribution in [1.29, 1.82) is 0 Å². The first-order valence-corrected chi connectivity index (χ1v) is 9.45. The molecule has 0 bridgehead atoms. The Hall–Kier alpha value is -0.610. The summed E-state index contributed by atoms with van der Waals surface area (Å²) < 4.78 is 0.299. The fourth-order valence-electron chi connectivity index (χ4n) is 3.36. The van der Waals surface area contributed by atoms with Crippen molar-refractivity contribution in [3.63, 3.8) is 0 Å². The molecule has 0 amide bonds. The van der Waals surface area contributed by atoms with E-state index in [1.54, 1.807) is 0 Å². The number of nitrogens with zero attached hydrogens (tertiary/aromatic N) is 1. The lowest BCUT2D eigenvalue weighted by Gasteiger charge is -2.47. The van der Waals surface area contributed by atoms with Crippen LogP contribution in [0.4, 0.5) is 0 Å². The van der Waals surface area contributed by atoms with Crippen molar-refractivity contribution in [3.8, 4) is 0 Å². The van der Waals surface area contributed by atoms with E-state index in [4.69, 9.17) is 0 Å². The molecule has 0 saturated carbocycles. The van der Waals surface area contributed by atoms with Gasteiger partial charge in [-0.1, -0.05) is 64.7 Å². The number of aliphatic carboxylic acids is 1. The van der Waals surface area contributed by atoms with Gasteiger partial charge < -0.3 is 19.5 Å². The van der Waals surface area contributed by atoms with E-state index >= 15 is 0 Å². The molecule has 0 radical (unpaired) electrons. The van der Waals surface area contributed by atoms with Crippen LogP contribution in [0.3, 0.4) is 0 Å². The Balaban J connectivity index is 4.04. The summed E-state index contributed by atoms with van der Waals surface area (Å²) in [4.78, 5) is 11.7.